The molecule has 1 N–H and O–H groups in total. The average Bonchev–Trinajstić information content (AvgIpc) is 2.66. The predicted octanol–water partition coefficient (Wildman–Crippen LogP) is 2.23. The summed E-state index contributed by atoms with van der Waals surface area (Å²) in [5.41, 5.74) is 1.13. The Kier molecular flexibility index (Phi) is 7.36. The second kappa shape index (κ2) is 9.73. The van der Waals surface area contributed by atoms with E-state index in [1.807, 2.05) is 18.2 Å². The normalized spacial score (nSPS) is 12.0. The van der Waals surface area contributed by atoms with E-state index in [1.165, 1.54) is 0 Å². The molecule has 0 aromatic heterocycles. The smallest absolute Gasteiger partial charge is 0.408 e. The number of carboxylic acids is 1. The van der Waals surface area contributed by atoms with Gasteiger partial charge >= 0.3 is 12.1 Å². The van der Waals surface area contributed by atoms with Gasteiger partial charge in [-0.1, -0.05) is 42.5 Å². The zero-order chi connectivity index (χ0) is 21.4. The number of esters is 1. The fraction of sp³-hybridized carbons (Fsp3) is 0.318. The molecule has 0 aliphatic rings. The number of hydrogen-bond donors (Lipinski definition) is 1. The Morgan fingerprint density at radius 2 is 1.59 bits per heavy atom. The highest BCUT2D eigenvalue weighted by Gasteiger charge is 2.19. The molecule has 0 saturated carbocycles. The number of carbonyl (C=O) groups excluding carboxylic acids is 3. The SMILES string of the molecule is CC(C)(C)OC(=O)c1ccc(C[C@H](NC(=O)OCc2ccccc2)C(=O)[O-])cc1. The van der Waals surface area contributed by atoms with Gasteiger partial charge in [-0.3, -0.25) is 0 Å². The molecule has 154 valence electrons. The molecule has 2 aromatic rings. The van der Waals surface area contributed by atoms with Crippen LogP contribution in [0, 0.1) is 0 Å². The number of rotatable bonds is 7. The van der Waals surface area contributed by atoms with Gasteiger partial charge in [-0.05, 0) is 50.5 Å². The van der Waals surface area contributed by atoms with Crippen LogP contribution < -0.4 is 10.4 Å². The van der Waals surface area contributed by atoms with Gasteiger partial charge in [0.15, 0.2) is 0 Å². The summed E-state index contributed by atoms with van der Waals surface area (Å²) in [4.78, 5) is 35.3. The molecule has 0 fully saturated rings. The summed E-state index contributed by atoms with van der Waals surface area (Å²) >= 11 is 0. The van der Waals surface area contributed by atoms with Crippen molar-refractivity contribution in [3.05, 3.63) is 71.3 Å². The molecule has 7 nitrogen and oxygen atoms in total. The molecule has 0 heterocycles. The third-order valence-corrected chi connectivity index (χ3v) is 3.82. The van der Waals surface area contributed by atoms with Crippen molar-refractivity contribution >= 4 is 18.0 Å². The van der Waals surface area contributed by atoms with Crippen molar-refractivity contribution in [2.45, 2.75) is 45.4 Å². The van der Waals surface area contributed by atoms with Crippen molar-refractivity contribution in [1.29, 1.82) is 0 Å². The quantitative estimate of drug-likeness (QED) is 0.717. The van der Waals surface area contributed by atoms with E-state index in [4.69, 9.17) is 9.47 Å². The Bertz CT molecular complexity index is 840. The second-order valence-corrected chi connectivity index (χ2v) is 7.48. The summed E-state index contributed by atoms with van der Waals surface area (Å²) < 4.78 is 10.3. The molecule has 0 saturated heterocycles. The van der Waals surface area contributed by atoms with E-state index in [1.54, 1.807) is 57.2 Å². The van der Waals surface area contributed by atoms with E-state index >= 15 is 0 Å². The number of ether oxygens (including phenoxy) is 2. The lowest BCUT2D eigenvalue weighted by Crippen LogP contribution is -2.49. The van der Waals surface area contributed by atoms with Gasteiger partial charge in [0.2, 0.25) is 0 Å². The number of amides is 1. The van der Waals surface area contributed by atoms with Crippen molar-refractivity contribution < 1.29 is 29.0 Å². The summed E-state index contributed by atoms with van der Waals surface area (Å²) in [5, 5.41) is 13.7. The first-order chi connectivity index (χ1) is 13.6. The summed E-state index contributed by atoms with van der Waals surface area (Å²) in [6, 6.07) is 14.1. The molecule has 29 heavy (non-hydrogen) atoms. The Morgan fingerprint density at radius 3 is 2.14 bits per heavy atom. The van der Waals surface area contributed by atoms with Crippen LogP contribution in [0.1, 0.15) is 42.3 Å². The van der Waals surface area contributed by atoms with Gasteiger partial charge in [0, 0.05) is 0 Å². The number of carbonyl (C=O) groups is 3. The molecule has 1 atom stereocenters. The van der Waals surface area contributed by atoms with Crippen LogP contribution in [0.15, 0.2) is 54.6 Å². The minimum Gasteiger partial charge on any atom is -0.548 e. The number of aliphatic carboxylic acids is 1. The molecule has 0 radical (unpaired) electrons. The third kappa shape index (κ3) is 7.65. The highest BCUT2D eigenvalue weighted by atomic mass is 16.6. The minimum absolute atomic E-state index is 0.0165. The van der Waals surface area contributed by atoms with Crippen LogP contribution >= 0.6 is 0 Å². The third-order valence-electron chi connectivity index (χ3n) is 3.82. The highest BCUT2D eigenvalue weighted by Crippen LogP contribution is 2.14. The van der Waals surface area contributed by atoms with Crippen LogP contribution in [0.3, 0.4) is 0 Å². The average molecular weight is 398 g/mol. The molecule has 0 aliphatic carbocycles. The topological polar surface area (TPSA) is 105 Å². The lowest BCUT2D eigenvalue weighted by molar-refractivity contribution is -0.308. The minimum atomic E-state index is -1.43. The first kappa shape index (κ1) is 21.9. The van der Waals surface area contributed by atoms with Gasteiger partial charge in [-0.25, -0.2) is 9.59 Å². The Hall–Kier alpha value is -3.35. The molecule has 1 amide bonds. The zero-order valence-corrected chi connectivity index (χ0v) is 16.6. The summed E-state index contributed by atoms with van der Waals surface area (Å²) in [7, 11) is 0. The molecule has 0 bridgehead atoms. The van der Waals surface area contributed by atoms with Crippen LogP contribution in [-0.4, -0.2) is 29.7 Å². The lowest BCUT2D eigenvalue weighted by atomic mass is 10.0. The fourth-order valence-corrected chi connectivity index (χ4v) is 2.45. The van der Waals surface area contributed by atoms with Crippen molar-refractivity contribution in [3.8, 4) is 0 Å². The first-order valence-corrected chi connectivity index (χ1v) is 9.14. The Morgan fingerprint density at radius 1 is 0.966 bits per heavy atom. The fourth-order valence-electron chi connectivity index (χ4n) is 2.45. The van der Waals surface area contributed by atoms with Crippen LogP contribution in [0.2, 0.25) is 0 Å². The standard InChI is InChI=1S/C22H25NO6/c1-22(2,3)29-20(26)17-11-9-15(10-12-17)13-18(19(24)25)23-21(27)28-14-16-7-5-4-6-8-16/h4-12,18H,13-14H2,1-3H3,(H,23,27)(H,24,25)/p-1/t18-/m0/s1. The van der Waals surface area contributed by atoms with Crippen LogP contribution in [0.4, 0.5) is 4.79 Å². The van der Waals surface area contributed by atoms with E-state index in [0.717, 1.165) is 5.56 Å². The Balaban J connectivity index is 1.93. The van der Waals surface area contributed by atoms with Gasteiger partial charge in [0.25, 0.3) is 0 Å². The van der Waals surface area contributed by atoms with E-state index in [0.29, 0.717) is 11.1 Å². The molecule has 7 heteroatoms. The molecule has 2 aromatic carbocycles. The van der Waals surface area contributed by atoms with Crippen LogP contribution in [0.25, 0.3) is 0 Å². The monoisotopic (exact) mass is 398 g/mol. The molecule has 0 spiro atoms. The maximum absolute atomic E-state index is 12.0. The van der Waals surface area contributed by atoms with Crippen molar-refractivity contribution in [2.75, 3.05) is 0 Å². The van der Waals surface area contributed by atoms with Gasteiger partial charge in [-0.15, -0.1) is 0 Å². The largest absolute Gasteiger partial charge is 0.548 e. The summed E-state index contributed by atoms with van der Waals surface area (Å²) in [6.07, 6.45) is -0.870. The summed E-state index contributed by atoms with van der Waals surface area (Å²) in [6.45, 7) is 5.34. The maximum Gasteiger partial charge on any atom is 0.408 e. The van der Waals surface area contributed by atoms with Gasteiger partial charge < -0.3 is 24.7 Å². The number of carboxylic acid groups (broad SMARTS) is 1. The van der Waals surface area contributed by atoms with E-state index in [9.17, 15) is 19.5 Å². The number of alkyl carbamates (subject to hydrolysis) is 1. The zero-order valence-electron chi connectivity index (χ0n) is 16.6. The molecule has 2 rings (SSSR count). The van der Waals surface area contributed by atoms with Crippen molar-refractivity contribution in [2.24, 2.45) is 0 Å². The van der Waals surface area contributed by atoms with Gasteiger partial charge in [-0.2, -0.15) is 0 Å². The van der Waals surface area contributed by atoms with Gasteiger partial charge in [0.05, 0.1) is 17.6 Å². The Labute approximate surface area is 169 Å². The second-order valence-electron chi connectivity index (χ2n) is 7.48. The number of hydrogen-bond acceptors (Lipinski definition) is 6. The number of nitrogens with one attached hydrogen (secondary N) is 1. The molecule has 0 aliphatic heterocycles. The molecular formula is C22H24NO6-. The molecular weight excluding hydrogens is 374 g/mol. The van der Waals surface area contributed by atoms with E-state index in [-0.39, 0.29) is 13.0 Å². The van der Waals surface area contributed by atoms with E-state index < -0.39 is 29.7 Å². The van der Waals surface area contributed by atoms with Crippen molar-refractivity contribution in [1.82, 2.24) is 5.32 Å². The predicted molar refractivity (Wildman–Crippen MR) is 104 cm³/mol. The maximum atomic E-state index is 12.0. The number of benzene rings is 2. The lowest BCUT2D eigenvalue weighted by Gasteiger charge is -2.20. The van der Waals surface area contributed by atoms with Gasteiger partial charge in [0.1, 0.15) is 12.2 Å². The van der Waals surface area contributed by atoms with E-state index in [2.05, 4.69) is 5.32 Å². The summed E-state index contributed by atoms with van der Waals surface area (Å²) in [5.74, 6) is -1.90. The highest BCUT2D eigenvalue weighted by molar-refractivity contribution is 5.89. The molecule has 0 unspecified atom stereocenters. The van der Waals surface area contributed by atoms with Crippen LogP contribution in [-0.2, 0) is 27.3 Å². The van der Waals surface area contributed by atoms with Crippen molar-refractivity contribution in [3.63, 3.8) is 0 Å². The first-order valence-electron chi connectivity index (χ1n) is 9.14. The van der Waals surface area contributed by atoms with Crippen LogP contribution in [0.5, 0.6) is 0 Å².